The molecule has 11 heteroatoms. The Kier molecular flexibility index (Phi) is 6.27. The van der Waals surface area contributed by atoms with E-state index in [0.717, 1.165) is 60.6 Å². The summed E-state index contributed by atoms with van der Waals surface area (Å²) in [6.07, 6.45) is 5.49. The summed E-state index contributed by atoms with van der Waals surface area (Å²) < 4.78 is 6.99. The number of nitrogens with one attached hydrogen (secondary N) is 1. The summed E-state index contributed by atoms with van der Waals surface area (Å²) in [5.41, 5.74) is 1.82. The minimum atomic E-state index is -0.929. The smallest absolute Gasteiger partial charge is 0.227 e. The fourth-order valence-corrected chi connectivity index (χ4v) is 5.33. The van der Waals surface area contributed by atoms with Crippen molar-refractivity contribution in [2.45, 2.75) is 50.2 Å². The van der Waals surface area contributed by atoms with Crippen LogP contribution in [0.15, 0.2) is 24.5 Å². The number of halogens is 2. The molecule has 8 nitrogen and oxygen atoms in total. The van der Waals surface area contributed by atoms with E-state index in [2.05, 4.69) is 34.2 Å². The van der Waals surface area contributed by atoms with E-state index >= 15 is 0 Å². The summed E-state index contributed by atoms with van der Waals surface area (Å²) in [6, 6.07) is 4.05. The molecule has 180 valence electrons. The van der Waals surface area contributed by atoms with E-state index in [9.17, 15) is 5.11 Å². The van der Waals surface area contributed by atoms with Crippen molar-refractivity contribution >= 4 is 53.6 Å². The maximum absolute atomic E-state index is 10.1. The van der Waals surface area contributed by atoms with Crippen molar-refractivity contribution in [3.05, 3.63) is 40.3 Å². The minimum absolute atomic E-state index is 0.188. The predicted molar refractivity (Wildman–Crippen MR) is 137 cm³/mol. The van der Waals surface area contributed by atoms with Gasteiger partial charge in [-0.3, -0.25) is 0 Å². The number of hydrogen-bond acceptors (Lipinski definition) is 7. The standard InChI is InChI=1S/C23H29BCl2N6O2/c1-22(2,33)11-32-20(26)19(10-28-32)30-21-27-9-15-7-17(25)16(8-18(15)29-21)14-3-5-31(6-4-14)23(24)12-34-13-23/h7-10,14,33H,3-6,11-13,24H2,1-2H3,(H,27,29,30). The number of rotatable bonds is 6. The second kappa shape index (κ2) is 8.95. The number of nitrogens with zero attached hydrogens (tertiary/aromatic N) is 5. The van der Waals surface area contributed by atoms with Gasteiger partial charge in [0, 0.05) is 22.0 Å². The Balaban J connectivity index is 1.34. The number of likely N-dealkylation sites (tertiary alicyclic amines) is 1. The van der Waals surface area contributed by atoms with Crippen LogP contribution in [0.4, 0.5) is 11.6 Å². The highest BCUT2D eigenvalue weighted by molar-refractivity contribution is 6.32. The second-order valence-corrected chi connectivity index (χ2v) is 11.1. The van der Waals surface area contributed by atoms with Crippen molar-refractivity contribution in [3.8, 4) is 0 Å². The lowest BCUT2D eigenvalue weighted by atomic mass is 9.72. The van der Waals surface area contributed by atoms with Gasteiger partial charge in [0.25, 0.3) is 0 Å². The Labute approximate surface area is 210 Å². The summed E-state index contributed by atoms with van der Waals surface area (Å²) in [4.78, 5) is 11.7. The van der Waals surface area contributed by atoms with E-state index < -0.39 is 5.60 Å². The SMILES string of the molecule is BC1(N2CCC(c3cc4nc(Nc5cnn(CC(C)(C)O)c5Cl)ncc4cc3Cl)CC2)COC1. The number of aliphatic hydroxyl groups is 1. The first-order valence-corrected chi connectivity index (χ1v) is 12.4. The zero-order valence-corrected chi connectivity index (χ0v) is 21.2. The largest absolute Gasteiger partial charge is 0.389 e. The van der Waals surface area contributed by atoms with E-state index in [1.807, 2.05) is 6.07 Å². The molecular formula is C23H29BCl2N6O2. The normalized spacial score (nSPS) is 19.3. The third kappa shape index (κ3) is 4.77. The average molecular weight is 503 g/mol. The fraction of sp³-hybridized carbons (Fsp3) is 0.522. The third-order valence-electron chi connectivity index (χ3n) is 6.78. The molecule has 0 spiro atoms. The van der Waals surface area contributed by atoms with E-state index in [1.165, 1.54) is 0 Å². The number of benzene rings is 1. The van der Waals surface area contributed by atoms with Crippen molar-refractivity contribution in [2.75, 3.05) is 31.6 Å². The molecule has 2 aliphatic rings. The maximum Gasteiger partial charge on any atom is 0.227 e. The van der Waals surface area contributed by atoms with Gasteiger partial charge in [-0.15, -0.1) is 0 Å². The Morgan fingerprint density at radius 1 is 1.24 bits per heavy atom. The van der Waals surface area contributed by atoms with E-state index in [0.29, 0.717) is 22.7 Å². The van der Waals surface area contributed by atoms with E-state index in [-0.39, 0.29) is 12.0 Å². The Hall–Kier alpha value is -1.91. The first-order chi connectivity index (χ1) is 16.1. The topological polar surface area (TPSA) is 88.3 Å². The van der Waals surface area contributed by atoms with Crippen LogP contribution in [0.2, 0.25) is 10.2 Å². The summed E-state index contributed by atoms with van der Waals surface area (Å²) in [5.74, 6) is 0.830. The third-order valence-corrected chi connectivity index (χ3v) is 7.51. The van der Waals surface area contributed by atoms with Crippen LogP contribution in [-0.4, -0.2) is 74.9 Å². The van der Waals surface area contributed by atoms with Crippen LogP contribution in [-0.2, 0) is 11.3 Å². The van der Waals surface area contributed by atoms with Gasteiger partial charge < -0.3 is 20.1 Å². The molecule has 2 fully saturated rings. The summed E-state index contributed by atoms with van der Waals surface area (Å²) in [7, 11) is 2.28. The van der Waals surface area contributed by atoms with E-state index in [1.54, 1.807) is 30.9 Å². The van der Waals surface area contributed by atoms with Crippen LogP contribution in [0, 0.1) is 0 Å². The van der Waals surface area contributed by atoms with Gasteiger partial charge in [0.1, 0.15) is 7.85 Å². The van der Waals surface area contributed by atoms with Crippen molar-refractivity contribution in [3.63, 3.8) is 0 Å². The Morgan fingerprint density at radius 3 is 2.62 bits per heavy atom. The first kappa shape index (κ1) is 23.8. The van der Waals surface area contributed by atoms with Gasteiger partial charge in [-0.25, -0.2) is 14.6 Å². The molecule has 2 N–H and O–H groups in total. The van der Waals surface area contributed by atoms with Crippen LogP contribution in [0.3, 0.4) is 0 Å². The number of anilines is 2. The molecule has 5 rings (SSSR count). The van der Waals surface area contributed by atoms with Crippen LogP contribution in [0.25, 0.3) is 10.9 Å². The molecule has 0 unspecified atom stereocenters. The number of hydrogen-bond donors (Lipinski definition) is 2. The first-order valence-electron chi connectivity index (χ1n) is 11.6. The molecule has 0 bridgehead atoms. The van der Waals surface area contributed by atoms with Crippen LogP contribution < -0.4 is 5.32 Å². The van der Waals surface area contributed by atoms with Crippen molar-refractivity contribution < 1.29 is 9.84 Å². The number of piperidine rings is 1. The van der Waals surface area contributed by atoms with E-state index in [4.69, 9.17) is 32.9 Å². The number of fused-ring (bicyclic) bond motifs is 1. The van der Waals surface area contributed by atoms with Crippen LogP contribution >= 0.6 is 23.2 Å². The van der Waals surface area contributed by atoms with Crippen LogP contribution in [0.1, 0.15) is 38.2 Å². The van der Waals surface area contributed by atoms with Gasteiger partial charge in [-0.05, 0) is 63.4 Å². The maximum atomic E-state index is 10.1. The molecule has 0 saturated carbocycles. The minimum Gasteiger partial charge on any atom is -0.389 e. The molecule has 0 radical (unpaired) electrons. The summed E-state index contributed by atoms with van der Waals surface area (Å²) in [5, 5.41) is 19.5. The van der Waals surface area contributed by atoms with Crippen LogP contribution in [0.5, 0.6) is 0 Å². The molecule has 3 aromatic rings. The Morgan fingerprint density at radius 2 is 1.97 bits per heavy atom. The number of aromatic nitrogens is 4. The van der Waals surface area contributed by atoms with Crippen molar-refractivity contribution in [1.29, 1.82) is 0 Å². The molecule has 34 heavy (non-hydrogen) atoms. The monoisotopic (exact) mass is 502 g/mol. The van der Waals surface area contributed by atoms with Gasteiger partial charge in [-0.2, -0.15) is 5.10 Å². The molecule has 0 atom stereocenters. The lowest BCUT2D eigenvalue weighted by Gasteiger charge is -2.50. The van der Waals surface area contributed by atoms with Crippen molar-refractivity contribution in [2.24, 2.45) is 0 Å². The Bertz CT molecular complexity index is 1200. The zero-order valence-electron chi connectivity index (χ0n) is 19.7. The molecule has 1 aromatic carbocycles. The van der Waals surface area contributed by atoms with Gasteiger partial charge in [0.15, 0.2) is 5.15 Å². The summed E-state index contributed by atoms with van der Waals surface area (Å²) >= 11 is 13.1. The van der Waals surface area contributed by atoms with Crippen molar-refractivity contribution in [1.82, 2.24) is 24.6 Å². The zero-order chi connectivity index (χ0) is 24.1. The molecule has 2 saturated heterocycles. The lowest BCUT2D eigenvalue weighted by Crippen LogP contribution is -2.64. The molecule has 0 amide bonds. The highest BCUT2D eigenvalue weighted by Crippen LogP contribution is 2.37. The van der Waals surface area contributed by atoms with Gasteiger partial charge in [-0.1, -0.05) is 23.2 Å². The molecule has 2 aromatic heterocycles. The average Bonchev–Trinajstić information content (AvgIpc) is 3.09. The molecule has 4 heterocycles. The molecule has 2 aliphatic heterocycles. The van der Waals surface area contributed by atoms with Gasteiger partial charge >= 0.3 is 0 Å². The fourth-order valence-electron chi connectivity index (χ4n) is 4.80. The quantitative estimate of drug-likeness (QED) is 0.500. The number of ether oxygens (including phenoxy) is 1. The molecular weight excluding hydrogens is 474 g/mol. The van der Waals surface area contributed by atoms with Gasteiger partial charge in [0.05, 0.1) is 42.8 Å². The highest BCUT2D eigenvalue weighted by atomic mass is 35.5. The highest BCUT2D eigenvalue weighted by Gasteiger charge is 2.40. The summed E-state index contributed by atoms with van der Waals surface area (Å²) in [6.45, 7) is 7.42. The van der Waals surface area contributed by atoms with Gasteiger partial charge in [0.2, 0.25) is 5.95 Å². The lowest BCUT2D eigenvalue weighted by molar-refractivity contribution is -0.0983. The molecule has 0 aliphatic carbocycles. The predicted octanol–water partition coefficient (Wildman–Crippen LogP) is 3.19. The second-order valence-electron chi connectivity index (χ2n) is 10.3.